The predicted octanol–water partition coefficient (Wildman–Crippen LogP) is 3.75. The van der Waals surface area contributed by atoms with Gasteiger partial charge in [0.25, 0.3) is 0 Å². The number of hydrogen-bond acceptors (Lipinski definition) is 3. The van der Waals surface area contributed by atoms with Crippen LogP contribution in [-0.4, -0.2) is 0 Å². The van der Waals surface area contributed by atoms with Gasteiger partial charge in [-0.2, -0.15) is 5.26 Å². The molecule has 84 valence electrons. The molecule has 0 fully saturated rings. The van der Waals surface area contributed by atoms with Gasteiger partial charge >= 0.3 is 0 Å². The van der Waals surface area contributed by atoms with E-state index in [1.165, 1.54) is 11.3 Å². The summed E-state index contributed by atoms with van der Waals surface area (Å²) < 4.78 is 0. The second-order valence-electron chi connectivity index (χ2n) is 3.36. The van der Waals surface area contributed by atoms with E-state index >= 15 is 0 Å². The maximum Gasteiger partial charge on any atom is 0.102 e. The molecular weight excluding hydrogens is 252 g/mol. The van der Waals surface area contributed by atoms with Crippen LogP contribution in [0.15, 0.2) is 41.8 Å². The molecule has 1 aromatic carbocycles. The van der Waals surface area contributed by atoms with Gasteiger partial charge in [-0.1, -0.05) is 41.9 Å². The number of rotatable bonds is 2. The van der Waals surface area contributed by atoms with Crippen molar-refractivity contribution in [1.82, 2.24) is 0 Å². The Balaban J connectivity index is 2.57. The Morgan fingerprint density at radius 2 is 1.94 bits per heavy atom. The number of nitriles is 1. The van der Waals surface area contributed by atoms with Gasteiger partial charge in [0.2, 0.25) is 0 Å². The lowest BCUT2D eigenvalue weighted by Crippen LogP contribution is -1.99. The second kappa shape index (κ2) is 5.05. The molecule has 0 bridgehead atoms. The highest BCUT2D eigenvalue weighted by molar-refractivity contribution is 7.11. The average Bonchev–Trinajstić information content (AvgIpc) is 2.77. The Kier molecular flexibility index (Phi) is 3.48. The molecule has 0 aliphatic carbocycles. The molecule has 0 radical (unpaired) electrons. The topological polar surface area (TPSA) is 49.8 Å². The van der Waals surface area contributed by atoms with Crippen LogP contribution in [0, 0.1) is 11.3 Å². The number of thiophene rings is 1. The maximum atomic E-state index is 9.21. The van der Waals surface area contributed by atoms with E-state index in [1.807, 2.05) is 35.7 Å². The summed E-state index contributed by atoms with van der Waals surface area (Å²) in [7, 11) is 0. The van der Waals surface area contributed by atoms with Crippen LogP contribution in [0.4, 0.5) is 0 Å². The summed E-state index contributed by atoms with van der Waals surface area (Å²) in [6, 6.07) is 13.3. The van der Waals surface area contributed by atoms with Gasteiger partial charge in [-0.25, -0.2) is 0 Å². The zero-order valence-corrected chi connectivity index (χ0v) is 10.4. The smallest absolute Gasteiger partial charge is 0.102 e. The van der Waals surface area contributed by atoms with E-state index < -0.39 is 0 Å². The molecule has 0 saturated carbocycles. The molecule has 0 aliphatic rings. The summed E-state index contributed by atoms with van der Waals surface area (Å²) in [4.78, 5) is 0.743. The maximum absolute atomic E-state index is 9.21. The van der Waals surface area contributed by atoms with Crippen LogP contribution in [0.3, 0.4) is 0 Å². The van der Waals surface area contributed by atoms with Crippen LogP contribution < -0.4 is 5.73 Å². The number of benzene rings is 1. The van der Waals surface area contributed by atoms with Crippen molar-refractivity contribution < 1.29 is 0 Å². The van der Waals surface area contributed by atoms with E-state index in [9.17, 15) is 5.26 Å². The third-order valence-corrected chi connectivity index (χ3v) is 3.68. The van der Waals surface area contributed by atoms with E-state index in [-0.39, 0.29) is 0 Å². The zero-order valence-electron chi connectivity index (χ0n) is 8.85. The molecule has 2 aromatic rings. The van der Waals surface area contributed by atoms with Crippen molar-refractivity contribution >= 4 is 34.2 Å². The van der Waals surface area contributed by atoms with Crippen molar-refractivity contribution in [2.75, 3.05) is 0 Å². The van der Waals surface area contributed by atoms with Crippen LogP contribution in [0.25, 0.3) is 11.3 Å². The van der Waals surface area contributed by atoms with Crippen LogP contribution in [0.1, 0.15) is 10.4 Å². The lowest BCUT2D eigenvalue weighted by Gasteiger charge is -2.04. The highest BCUT2D eigenvalue weighted by Gasteiger charge is 2.11. The van der Waals surface area contributed by atoms with E-state index in [0.29, 0.717) is 16.3 Å². The molecule has 17 heavy (non-hydrogen) atoms. The Bertz CT molecular complexity index is 593. The third kappa shape index (κ3) is 2.33. The van der Waals surface area contributed by atoms with Crippen LogP contribution in [-0.2, 0) is 0 Å². The molecule has 1 aromatic heterocycles. The molecule has 2 N–H and O–H groups in total. The average molecular weight is 261 g/mol. The molecule has 2 rings (SSSR count). The molecule has 0 amide bonds. The first-order valence-corrected chi connectivity index (χ1v) is 6.18. The minimum Gasteiger partial charge on any atom is -0.396 e. The normalized spacial score (nSPS) is 11.8. The predicted molar refractivity (Wildman–Crippen MR) is 72.4 cm³/mol. The van der Waals surface area contributed by atoms with E-state index in [4.69, 9.17) is 17.3 Å². The number of hydrogen-bond donors (Lipinski definition) is 1. The van der Waals surface area contributed by atoms with Crippen molar-refractivity contribution in [3.05, 3.63) is 57.2 Å². The van der Waals surface area contributed by atoms with Gasteiger partial charge in [-0.15, -0.1) is 11.3 Å². The first kappa shape index (κ1) is 11.7. The Labute approximate surface area is 109 Å². The summed E-state index contributed by atoms with van der Waals surface area (Å²) >= 11 is 7.44. The number of allylic oxidation sites excluding steroid dienone is 1. The molecule has 0 saturated heterocycles. The molecule has 0 aliphatic heterocycles. The van der Waals surface area contributed by atoms with Crippen molar-refractivity contribution in [2.24, 2.45) is 5.73 Å². The van der Waals surface area contributed by atoms with Crippen molar-refractivity contribution in [3.63, 3.8) is 0 Å². The van der Waals surface area contributed by atoms with Gasteiger partial charge in [0, 0.05) is 0 Å². The fourth-order valence-corrected chi connectivity index (χ4v) is 2.61. The number of halogens is 1. The minimum atomic E-state index is 0.429. The van der Waals surface area contributed by atoms with Crippen LogP contribution in [0.5, 0.6) is 0 Å². The van der Waals surface area contributed by atoms with Gasteiger partial charge in [-0.05, 0) is 17.0 Å². The largest absolute Gasteiger partial charge is 0.396 e. The fraction of sp³-hybridized carbons (Fsp3) is 0. The molecule has 2 nitrogen and oxygen atoms in total. The number of nitrogens with two attached hydrogens (primary N) is 1. The Morgan fingerprint density at radius 1 is 1.24 bits per heavy atom. The lowest BCUT2D eigenvalue weighted by molar-refractivity contribution is 1.50. The van der Waals surface area contributed by atoms with Gasteiger partial charge in [0.15, 0.2) is 0 Å². The summed E-state index contributed by atoms with van der Waals surface area (Å²) in [5, 5.41) is 11.6. The van der Waals surface area contributed by atoms with Gasteiger partial charge in [0.1, 0.15) is 6.07 Å². The van der Waals surface area contributed by atoms with Crippen molar-refractivity contribution in [1.29, 1.82) is 5.26 Å². The van der Waals surface area contributed by atoms with Crippen LogP contribution in [0.2, 0.25) is 5.02 Å². The summed E-state index contributed by atoms with van der Waals surface area (Å²) in [6.45, 7) is 0. The molecule has 0 unspecified atom stereocenters. The van der Waals surface area contributed by atoms with Gasteiger partial charge in [-0.3, -0.25) is 0 Å². The van der Waals surface area contributed by atoms with Gasteiger partial charge in [0.05, 0.1) is 21.2 Å². The molecule has 0 spiro atoms. The molecule has 4 heteroatoms. The van der Waals surface area contributed by atoms with Crippen LogP contribution >= 0.6 is 22.9 Å². The highest BCUT2D eigenvalue weighted by Crippen LogP contribution is 2.31. The first-order chi connectivity index (χ1) is 8.24. The third-order valence-electron chi connectivity index (χ3n) is 2.31. The highest BCUT2D eigenvalue weighted by atomic mass is 35.5. The zero-order chi connectivity index (χ0) is 12.3. The summed E-state index contributed by atoms with van der Waals surface area (Å²) in [6.07, 6.45) is 0. The second-order valence-corrected chi connectivity index (χ2v) is 4.69. The quantitative estimate of drug-likeness (QED) is 0.836. The van der Waals surface area contributed by atoms with E-state index in [2.05, 4.69) is 6.07 Å². The van der Waals surface area contributed by atoms with Crippen molar-refractivity contribution in [2.45, 2.75) is 0 Å². The molecule has 0 atom stereocenters. The summed E-state index contributed by atoms with van der Waals surface area (Å²) in [5.74, 6) is 0. The first-order valence-electron chi connectivity index (χ1n) is 4.92. The van der Waals surface area contributed by atoms with E-state index in [0.717, 1.165) is 10.4 Å². The number of nitrogens with zero attached hydrogens (tertiary/aromatic N) is 1. The lowest BCUT2D eigenvalue weighted by atomic mass is 10.0. The Morgan fingerprint density at radius 3 is 2.47 bits per heavy atom. The Hall–Kier alpha value is -1.76. The monoisotopic (exact) mass is 260 g/mol. The standard InChI is InChI=1S/C13H9ClN2S/c14-11-6-7-17-13(11)12(16)10(8-15)9-4-2-1-3-5-9/h1-7H,16H2/b12-10-. The molecule has 1 heterocycles. The molecular formula is C13H9ClN2S. The fourth-order valence-electron chi connectivity index (χ4n) is 1.48. The minimum absolute atomic E-state index is 0.429. The summed E-state index contributed by atoms with van der Waals surface area (Å²) in [5.41, 5.74) is 7.70. The van der Waals surface area contributed by atoms with E-state index in [1.54, 1.807) is 6.07 Å². The van der Waals surface area contributed by atoms with Gasteiger partial charge < -0.3 is 5.73 Å². The SMILES string of the molecule is N#C/C(=C(/N)c1sccc1Cl)c1ccccc1. The van der Waals surface area contributed by atoms with Crippen molar-refractivity contribution in [3.8, 4) is 6.07 Å².